The molecule has 0 atom stereocenters. The third-order valence-electron chi connectivity index (χ3n) is 5.31. The molecule has 1 fully saturated rings. The Morgan fingerprint density at radius 3 is 2.68 bits per heavy atom. The van der Waals surface area contributed by atoms with Gasteiger partial charge in [-0.1, -0.05) is 12.6 Å². The summed E-state index contributed by atoms with van der Waals surface area (Å²) in [5, 5.41) is 15.1. The zero-order chi connectivity index (χ0) is 26.4. The van der Waals surface area contributed by atoms with Crippen molar-refractivity contribution < 1.29 is 27.4 Å². The van der Waals surface area contributed by atoms with Crippen LogP contribution in [0.5, 0.6) is 5.75 Å². The number of carbonyl (C=O) groups excluding carboxylic acids is 1. The van der Waals surface area contributed by atoms with Crippen LogP contribution in [-0.2, 0) is 9.53 Å². The van der Waals surface area contributed by atoms with Crippen LogP contribution < -0.4 is 20.3 Å². The summed E-state index contributed by atoms with van der Waals surface area (Å²) in [6, 6.07) is 13.4. The number of nitrogens with one attached hydrogen (secondary N) is 2. The van der Waals surface area contributed by atoms with Crippen LogP contribution in [0, 0.1) is 11.3 Å². The van der Waals surface area contributed by atoms with Gasteiger partial charge in [-0.3, -0.25) is 4.79 Å². The molecule has 2 N–H and O–H groups in total. The molecule has 0 radical (unpaired) electrons. The predicted molar refractivity (Wildman–Crippen MR) is 130 cm³/mol. The summed E-state index contributed by atoms with van der Waals surface area (Å²) in [7, 11) is 0. The summed E-state index contributed by atoms with van der Waals surface area (Å²) in [4.78, 5) is 22.1. The van der Waals surface area contributed by atoms with E-state index in [-0.39, 0.29) is 28.5 Å². The van der Waals surface area contributed by atoms with Crippen molar-refractivity contribution >= 4 is 28.9 Å². The molecule has 1 aliphatic heterocycles. The molecule has 0 aliphatic carbocycles. The summed E-state index contributed by atoms with van der Waals surface area (Å²) in [5.74, 6) is -1.26. The lowest BCUT2D eigenvalue weighted by atomic mass is 10.0. The predicted octanol–water partition coefficient (Wildman–Crippen LogP) is 4.62. The average Bonchev–Trinajstić information content (AvgIpc) is 2.89. The molecule has 9 nitrogen and oxygen atoms in total. The van der Waals surface area contributed by atoms with E-state index in [0.29, 0.717) is 18.9 Å². The molecule has 190 valence electrons. The standard InChI is InChI=1S/C25H21F3N6O3/c1-2-22(35)31-18-7-6-16(14-29)20(13-18)23-21(37-25(26,27)28)15-30-24(33-23)32-17-4-3-5-19(12-17)34-8-10-36-11-9-34/h2-7,12-13,15H,1,8-11H2,(H,31,35)(H,30,32,33). The maximum absolute atomic E-state index is 13.1. The van der Waals surface area contributed by atoms with Crippen LogP contribution in [0.3, 0.4) is 0 Å². The molecule has 1 saturated heterocycles. The number of nitriles is 1. The molecule has 0 unspecified atom stereocenters. The van der Waals surface area contributed by atoms with E-state index >= 15 is 0 Å². The SMILES string of the molecule is C=CC(=O)Nc1ccc(C#N)c(-c2nc(Nc3cccc(N4CCOCC4)c3)ncc2OC(F)(F)F)c1. The minimum absolute atomic E-state index is 0.0103. The largest absolute Gasteiger partial charge is 0.573 e. The smallest absolute Gasteiger partial charge is 0.402 e. The van der Waals surface area contributed by atoms with E-state index in [4.69, 9.17) is 4.74 Å². The van der Waals surface area contributed by atoms with Crippen molar-refractivity contribution in [3.8, 4) is 23.1 Å². The molecular weight excluding hydrogens is 489 g/mol. The lowest BCUT2D eigenvalue weighted by Gasteiger charge is -2.29. The van der Waals surface area contributed by atoms with Crippen LogP contribution in [-0.4, -0.2) is 48.5 Å². The highest BCUT2D eigenvalue weighted by Crippen LogP contribution is 2.36. The van der Waals surface area contributed by atoms with Gasteiger partial charge in [0.2, 0.25) is 11.9 Å². The Hall–Kier alpha value is -4.63. The summed E-state index contributed by atoms with van der Waals surface area (Å²) in [6.45, 7) is 6.04. The minimum Gasteiger partial charge on any atom is -0.402 e. The molecule has 1 aliphatic rings. The Morgan fingerprint density at radius 1 is 1.19 bits per heavy atom. The first-order chi connectivity index (χ1) is 17.8. The fourth-order valence-corrected chi connectivity index (χ4v) is 3.66. The van der Waals surface area contributed by atoms with E-state index in [2.05, 4.69) is 36.8 Å². The zero-order valence-electron chi connectivity index (χ0n) is 19.4. The van der Waals surface area contributed by atoms with Gasteiger partial charge in [0.1, 0.15) is 5.69 Å². The van der Waals surface area contributed by atoms with Crippen molar-refractivity contribution in [1.82, 2.24) is 9.97 Å². The van der Waals surface area contributed by atoms with Gasteiger partial charge in [-0.25, -0.2) is 9.97 Å². The monoisotopic (exact) mass is 510 g/mol. The third-order valence-corrected chi connectivity index (χ3v) is 5.31. The fourth-order valence-electron chi connectivity index (χ4n) is 3.66. The van der Waals surface area contributed by atoms with Crippen molar-refractivity contribution in [2.75, 3.05) is 41.8 Å². The van der Waals surface area contributed by atoms with Gasteiger partial charge >= 0.3 is 6.36 Å². The first-order valence-corrected chi connectivity index (χ1v) is 11.1. The molecule has 3 aromatic rings. The molecule has 37 heavy (non-hydrogen) atoms. The Morgan fingerprint density at radius 2 is 1.97 bits per heavy atom. The highest BCUT2D eigenvalue weighted by atomic mass is 19.4. The van der Waals surface area contributed by atoms with E-state index in [1.54, 1.807) is 6.07 Å². The number of benzene rings is 2. The summed E-state index contributed by atoms with van der Waals surface area (Å²) >= 11 is 0. The van der Waals surface area contributed by atoms with E-state index in [0.717, 1.165) is 31.0 Å². The van der Waals surface area contributed by atoms with Crippen molar-refractivity contribution in [1.29, 1.82) is 5.26 Å². The molecule has 1 aromatic heterocycles. The van der Waals surface area contributed by atoms with Crippen LogP contribution in [0.1, 0.15) is 5.56 Å². The maximum Gasteiger partial charge on any atom is 0.573 e. The number of aromatic nitrogens is 2. The molecule has 2 heterocycles. The second-order valence-electron chi connectivity index (χ2n) is 7.79. The van der Waals surface area contributed by atoms with Crippen LogP contribution in [0.25, 0.3) is 11.3 Å². The van der Waals surface area contributed by atoms with Crippen LogP contribution in [0.2, 0.25) is 0 Å². The Kier molecular flexibility index (Phi) is 7.55. The maximum atomic E-state index is 13.1. The van der Waals surface area contributed by atoms with E-state index in [1.165, 1.54) is 18.2 Å². The summed E-state index contributed by atoms with van der Waals surface area (Å²) in [6.07, 6.45) is -3.12. The molecule has 2 aromatic carbocycles. The number of nitrogens with zero attached hydrogens (tertiary/aromatic N) is 4. The van der Waals surface area contributed by atoms with Gasteiger partial charge in [0.05, 0.1) is 31.0 Å². The highest BCUT2D eigenvalue weighted by molar-refractivity contribution is 5.99. The van der Waals surface area contributed by atoms with Gasteiger partial charge < -0.3 is 25.0 Å². The fraction of sp³-hybridized carbons (Fsp3) is 0.200. The second-order valence-corrected chi connectivity index (χ2v) is 7.79. The van der Waals surface area contributed by atoms with Gasteiger partial charge in [0.25, 0.3) is 0 Å². The number of morpholine rings is 1. The van der Waals surface area contributed by atoms with Crippen LogP contribution in [0.15, 0.2) is 61.3 Å². The molecule has 0 saturated carbocycles. The lowest BCUT2D eigenvalue weighted by Crippen LogP contribution is -2.36. The van der Waals surface area contributed by atoms with E-state index < -0.39 is 18.0 Å². The zero-order valence-corrected chi connectivity index (χ0v) is 19.4. The number of carbonyl (C=O) groups is 1. The van der Waals surface area contributed by atoms with Gasteiger partial charge in [-0.2, -0.15) is 5.26 Å². The number of hydrogen-bond donors (Lipinski definition) is 2. The van der Waals surface area contributed by atoms with Gasteiger partial charge in [0, 0.05) is 35.7 Å². The summed E-state index contributed by atoms with van der Waals surface area (Å²) in [5.41, 5.74) is 1.50. The van der Waals surface area contributed by atoms with E-state index in [1.807, 2.05) is 24.3 Å². The Bertz CT molecular complexity index is 1350. The van der Waals surface area contributed by atoms with Crippen molar-refractivity contribution in [3.63, 3.8) is 0 Å². The van der Waals surface area contributed by atoms with Gasteiger partial charge in [0.15, 0.2) is 5.75 Å². The topological polar surface area (TPSA) is 112 Å². The molecular formula is C25H21F3N6O3. The number of amides is 1. The third kappa shape index (κ3) is 6.53. The molecule has 0 bridgehead atoms. The Labute approximate surface area is 210 Å². The van der Waals surface area contributed by atoms with Crippen molar-refractivity contribution in [3.05, 3.63) is 66.9 Å². The van der Waals surface area contributed by atoms with Crippen molar-refractivity contribution in [2.24, 2.45) is 0 Å². The van der Waals surface area contributed by atoms with Crippen molar-refractivity contribution in [2.45, 2.75) is 6.36 Å². The second kappa shape index (κ2) is 11.0. The molecule has 12 heteroatoms. The number of ether oxygens (including phenoxy) is 2. The number of halogens is 3. The number of anilines is 4. The normalized spacial score (nSPS) is 13.4. The van der Waals surface area contributed by atoms with E-state index in [9.17, 15) is 23.2 Å². The number of alkyl halides is 3. The number of rotatable bonds is 7. The molecule has 4 rings (SSSR count). The first-order valence-electron chi connectivity index (χ1n) is 11.1. The molecule has 0 spiro atoms. The number of hydrogen-bond acceptors (Lipinski definition) is 8. The average molecular weight is 510 g/mol. The molecule has 1 amide bonds. The summed E-state index contributed by atoms with van der Waals surface area (Å²) < 4.78 is 49.0. The Balaban J connectivity index is 1.73. The van der Waals surface area contributed by atoms with Crippen LogP contribution >= 0.6 is 0 Å². The quantitative estimate of drug-likeness (QED) is 0.443. The van der Waals surface area contributed by atoms with Gasteiger partial charge in [-0.15, -0.1) is 13.2 Å². The minimum atomic E-state index is -5.03. The van der Waals surface area contributed by atoms with Gasteiger partial charge in [-0.05, 0) is 42.5 Å². The first kappa shape index (κ1) is 25.5. The van der Waals surface area contributed by atoms with Crippen LogP contribution in [0.4, 0.5) is 36.2 Å². The lowest BCUT2D eigenvalue weighted by molar-refractivity contribution is -0.274. The highest BCUT2D eigenvalue weighted by Gasteiger charge is 2.33.